The summed E-state index contributed by atoms with van der Waals surface area (Å²) < 4.78 is 18.5. The minimum absolute atomic E-state index is 0.0300. The number of hydrogen-bond donors (Lipinski definition) is 2. The van der Waals surface area contributed by atoms with Gasteiger partial charge in [-0.2, -0.15) is 0 Å². The average molecular weight is 423 g/mol. The number of amides is 2. The first kappa shape index (κ1) is 21.1. The van der Waals surface area contributed by atoms with E-state index in [0.717, 1.165) is 5.69 Å². The first-order valence-corrected chi connectivity index (χ1v) is 9.87. The van der Waals surface area contributed by atoms with Crippen molar-refractivity contribution in [3.05, 3.63) is 52.3 Å². The molecule has 2 N–H and O–H groups in total. The summed E-state index contributed by atoms with van der Waals surface area (Å²) >= 11 is 5.98. The number of methoxy groups -OCH3 is 1. The van der Waals surface area contributed by atoms with Gasteiger partial charge >= 0.3 is 12.0 Å². The number of rotatable bonds is 5. The highest BCUT2D eigenvalue weighted by atomic mass is 35.5. The number of urea groups is 1. The molecular weight excluding hydrogens is 399 g/mol. The van der Waals surface area contributed by atoms with Gasteiger partial charge < -0.3 is 19.9 Å². The molecular formula is C20H24ClFN4O3. The monoisotopic (exact) mass is 422 g/mol. The van der Waals surface area contributed by atoms with E-state index in [1.807, 2.05) is 13.8 Å². The average Bonchev–Trinajstić information content (AvgIpc) is 3.20. The number of aromatic amines is 1. The highest BCUT2D eigenvalue weighted by Crippen LogP contribution is 2.35. The SMILES string of the molecule is CC[C@H](C)[C@H](NC(=O)N1CCc2[nH]cnc2[C@@H]1c1ccc(F)c(Cl)c1)C(=O)OC. The minimum Gasteiger partial charge on any atom is -0.467 e. The smallest absolute Gasteiger partial charge is 0.328 e. The van der Waals surface area contributed by atoms with E-state index < -0.39 is 29.9 Å². The molecule has 2 aromatic rings. The van der Waals surface area contributed by atoms with E-state index in [2.05, 4.69) is 15.3 Å². The number of carbonyl (C=O) groups is 2. The van der Waals surface area contributed by atoms with Gasteiger partial charge in [0.2, 0.25) is 0 Å². The van der Waals surface area contributed by atoms with Crippen molar-refractivity contribution in [3.8, 4) is 0 Å². The molecule has 0 saturated heterocycles. The van der Waals surface area contributed by atoms with Crippen molar-refractivity contribution >= 4 is 23.6 Å². The summed E-state index contributed by atoms with van der Waals surface area (Å²) in [6, 6.07) is 2.61. The number of ether oxygens (including phenoxy) is 1. The quantitative estimate of drug-likeness (QED) is 0.722. The number of H-pyrrole nitrogens is 1. The molecule has 156 valence electrons. The Morgan fingerprint density at radius 1 is 1.48 bits per heavy atom. The zero-order valence-electron chi connectivity index (χ0n) is 16.5. The van der Waals surface area contributed by atoms with Gasteiger partial charge in [0.1, 0.15) is 17.9 Å². The summed E-state index contributed by atoms with van der Waals surface area (Å²) in [6.45, 7) is 4.21. The molecule has 3 rings (SSSR count). The molecule has 0 saturated carbocycles. The Kier molecular flexibility index (Phi) is 6.42. The van der Waals surface area contributed by atoms with Crippen molar-refractivity contribution in [1.82, 2.24) is 20.2 Å². The van der Waals surface area contributed by atoms with Crippen molar-refractivity contribution in [3.63, 3.8) is 0 Å². The van der Waals surface area contributed by atoms with E-state index in [1.54, 1.807) is 17.3 Å². The van der Waals surface area contributed by atoms with Crippen LogP contribution < -0.4 is 5.32 Å². The number of hydrogen-bond acceptors (Lipinski definition) is 4. The van der Waals surface area contributed by atoms with E-state index in [4.69, 9.17) is 16.3 Å². The number of aromatic nitrogens is 2. The predicted molar refractivity (Wildman–Crippen MR) is 106 cm³/mol. The van der Waals surface area contributed by atoms with E-state index in [9.17, 15) is 14.0 Å². The third-order valence-corrected chi connectivity index (χ3v) is 5.68. The van der Waals surface area contributed by atoms with Gasteiger partial charge in [0.25, 0.3) is 0 Å². The fourth-order valence-corrected chi connectivity index (χ4v) is 3.72. The number of benzene rings is 1. The molecule has 0 spiro atoms. The Bertz CT molecular complexity index is 904. The van der Waals surface area contributed by atoms with Crippen LogP contribution in [0.25, 0.3) is 0 Å². The number of esters is 1. The van der Waals surface area contributed by atoms with Gasteiger partial charge in [-0.15, -0.1) is 0 Å². The highest BCUT2D eigenvalue weighted by Gasteiger charge is 2.37. The summed E-state index contributed by atoms with van der Waals surface area (Å²) in [5.41, 5.74) is 2.22. The van der Waals surface area contributed by atoms with Crippen molar-refractivity contribution < 1.29 is 18.7 Å². The first-order valence-electron chi connectivity index (χ1n) is 9.49. The van der Waals surface area contributed by atoms with E-state index in [-0.39, 0.29) is 10.9 Å². The third-order valence-electron chi connectivity index (χ3n) is 5.39. The molecule has 2 heterocycles. The van der Waals surface area contributed by atoms with Crippen LogP contribution in [0.5, 0.6) is 0 Å². The molecule has 29 heavy (non-hydrogen) atoms. The van der Waals surface area contributed by atoms with Gasteiger partial charge in [-0.25, -0.2) is 19.0 Å². The summed E-state index contributed by atoms with van der Waals surface area (Å²) in [4.78, 5) is 34.4. The molecule has 1 aliphatic heterocycles. The highest BCUT2D eigenvalue weighted by molar-refractivity contribution is 6.30. The van der Waals surface area contributed by atoms with Crippen molar-refractivity contribution in [2.45, 2.75) is 38.8 Å². The molecule has 0 unspecified atom stereocenters. The van der Waals surface area contributed by atoms with E-state index in [0.29, 0.717) is 30.6 Å². The van der Waals surface area contributed by atoms with Crippen LogP contribution in [0.4, 0.5) is 9.18 Å². The number of nitrogens with zero attached hydrogens (tertiary/aromatic N) is 2. The maximum absolute atomic E-state index is 13.7. The second-order valence-corrected chi connectivity index (χ2v) is 7.53. The Morgan fingerprint density at radius 2 is 2.24 bits per heavy atom. The zero-order valence-corrected chi connectivity index (χ0v) is 17.3. The minimum atomic E-state index is -0.768. The first-order chi connectivity index (χ1) is 13.9. The molecule has 0 fully saturated rings. The lowest BCUT2D eigenvalue weighted by Crippen LogP contribution is -2.53. The topological polar surface area (TPSA) is 87.3 Å². The number of carbonyl (C=O) groups excluding carboxylic acids is 2. The molecule has 9 heteroatoms. The Morgan fingerprint density at radius 3 is 2.90 bits per heavy atom. The Hall–Kier alpha value is -2.61. The molecule has 2 amide bonds. The summed E-state index contributed by atoms with van der Waals surface area (Å²) in [5, 5.41) is 2.77. The molecule has 7 nitrogen and oxygen atoms in total. The van der Waals surface area contributed by atoms with Crippen LogP contribution in [0, 0.1) is 11.7 Å². The number of nitrogens with one attached hydrogen (secondary N) is 2. The maximum Gasteiger partial charge on any atom is 0.328 e. The zero-order chi connectivity index (χ0) is 21.1. The van der Waals surface area contributed by atoms with E-state index >= 15 is 0 Å². The standard InChI is InChI=1S/C20H24ClFN4O3/c1-4-11(2)16(19(27)29-3)25-20(28)26-8-7-15-17(24-10-23-15)18(26)12-5-6-14(22)13(21)9-12/h5-6,9-11,16,18H,4,7-8H2,1-3H3,(H,23,24)(H,25,28)/t11-,16-,18-/m0/s1. The van der Waals surface area contributed by atoms with Gasteiger partial charge in [-0.3, -0.25) is 0 Å². The van der Waals surface area contributed by atoms with Crippen LogP contribution in [0.15, 0.2) is 24.5 Å². The Labute approximate surface area is 173 Å². The summed E-state index contributed by atoms with van der Waals surface area (Å²) in [7, 11) is 1.30. The molecule has 0 radical (unpaired) electrons. The molecule has 0 aliphatic carbocycles. The van der Waals surface area contributed by atoms with Crippen molar-refractivity contribution in [2.24, 2.45) is 5.92 Å². The molecule has 1 aromatic carbocycles. The lowest BCUT2D eigenvalue weighted by molar-refractivity contribution is -0.144. The second-order valence-electron chi connectivity index (χ2n) is 7.12. The largest absolute Gasteiger partial charge is 0.467 e. The number of fused-ring (bicyclic) bond motifs is 1. The van der Waals surface area contributed by atoms with Crippen LogP contribution in [-0.2, 0) is 16.0 Å². The van der Waals surface area contributed by atoms with Crippen LogP contribution in [-0.4, -0.2) is 46.6 Å². The molecule has 0 bridgehead atoms. The lowest BCUT2D eigenvalue weighted by Gasteiger charge is -2.36. The maximum atomic E-state index is 13.7. The van der Waals surface area contributed by atoms with Crippen LogP contribution >= 0.6 is 11.6 Å². The second kappa shape index (κ2) is 8.82. The fourth-order valence-electron chi connectivity index (χ4n) is 3.53. The molecule has 1 aromatic heterocycles. The molecule has 3 atom stereocenters. The van der Waals surface area contributed by atoms with Gasteiger partial charge in [0.15, 0.2) is 0 Å². The molecule has 1 aliphatic rings. The number of halogens is 2. The van der Waals surface area contributed by atoms with Gasteiger partial charge in [0, 0.05) is 18.7 Å². The number of imidazole rings is 1. The third kappa shape index (κ3) is 4.22. The van der Waals surface area contributed by atoms with Crippen molar-refractivity contribution in [1.29, 1.82) is 0 Å². The fraction of sp³-hybridized carbons (Fsp3) is 0.450. The van der Waals surface area contributed by atoms with Crippen LogP contribution in [0.2, 0.25) is 5.02 Å². The lowest BCUT2D eigenvalue weighted by atomic mass is 9.95. The Balaban J connectivity index is 1.94. The van der Waals surface area contributed by atoms with Gasteiger partial charge in [-0.1, -0.05) is 37.9 Å². The van der Waals surface area contributed by atoms with Gasteiger partial charge in [-0.05, 0) is 23.6 Å². The summed E-state index contributed by atoms with van der Waals surface area (Å²) in [5.74, 6) is -1.13. The van der Waals surface area contributed by atoms with Crippen molar-refractivity contribution in [2.75, 3.05) is 13.7 Å². The van der Waals surface area contributed by atoms with E-state index in [1.165, 1.54) is 19.2 Å². The normalized spacial score (nSPS) is 18.0. The summed E-state index contributed by atoms with van der Waals surface area (Å²) in [6.07, 6.45) is 2.85. The predicted octanol–water partition coefficient (Wildman–Crippen LogP) is 3.45. The van der Waals surface area contributed by atoms with Gasteiger partial charge in [0.05, 0.1) is 24.2 Å². The van der Waals surface area contributed by atoms with Crippen LogP contribution in [0.3, 0.4) is 0 Å². The van der Waals surface area contributed by atoms with Crippen LogP contribution in [0.1, 0.15) is 43.3 Å².